The van der Waals surface area contributed by atoms with Crippen LogP contribution in [0.4, 0.5) is 0 Å². The fourth-order valence-electron chi connectivity index (χ4n) is 1.12. The molecule has 0 aromatic heterocycles. The van der Waals surface area contributed by atoms with Gasteiger partial charge in [0, 0.05) is 12.6 Å². The van der Waals surface area contributed by atoms with Crippen molar-refractivity contribution in [2.75, 3.05) is 13.2 Å². The van der Waals surface area contributed by atoms with E-state index in [0.29, 0.717) is 6.04 Å². The summed E-state index contributed by atoms with van der Waals surface area (Å²) in [5.41, 5.74) is 2.79. The first-order valence-corrected chi connectivity index (χ1v) is 5.24. The molecule has 0 aromatic carbocycles. The molecule has 3 heteroatoms. The zero-order chi connectivity index (χ0) is 10.1. The quantitative estimate of drug-likeness (QED) is 0.346. The van der Waals surface area contributed by atoms with Gasteiger partial charge in [-0.1, -0.05) is 20.8 Å². The largest absolute Gasteiger partial charge is 0.380 e. The Balaban J connectivity index is 3.39. The van der Waals surface area contributed by atoms with E-state index in [1.54, 1.807) is 0 Å². The van der Waals surface area contributed by atoms with Gasteiger partial charge in [0.25, 0.3) is 0 Å². The lowest BCUT2D eigenvalue weighted by atomic mass is 10.0. The minimum absolute atomic E-state index is 0.314. The third-order valence-corrected chi connectivity index (χ3v) is 2.00. The van der Waals surface area contributed by atoms with Crippen LogP contribution in [0.3, 0.4) is 0 Å². The van der Waals surface area contributed by atoms with Gasteiger partial charge in [0.2, 0.25) is 0 Å². The van der Waals surface area contributed by atoms with Gasteiger partial charge in [0.05, 0.1) is 6.61 Å². The Hall–Kier alpha value is -0.120. The van der Waals surface area contributed by atoms with Gasteiger partial charge in [-0.2, -0.15) is 0 Å². The lowest BCUT2D eigenvalue weighted by Gasteiger charge is -2.16. The van der Waals surface area contributed by atoms with E-state index >= 15 is 0 Å². The number of ether oxygens (including phenoxy) is 1. The van der Waals surface area contributed by atoms with Gasteiger partial charge in [0.1, 0.15) is 0 Å². The van der Waals surface area contributed by atoms with Gasteiger partial charge in [0.15, 0.2) is 0 Å². The maximum Gasteiger partial charge on any atom is 0.0633 e. The van der Waals surface area contributed by atoms with Crippen LogP contribution in [0.15, 0.2) is 0 Å². The average Bonchev–Trinajstić information content (AvgIpc) is 2.10. The van der Waals surface area contributed by atoms with Crippen LogP contribution >= 0.6 is 0 Å². The standard InChI is InChI=1S/C10H24N2O/c1-4-7-13-8-10(12-11)6-5-9(2)3/h9-10,12H,4-8,11H2,1-3H3. The second kappa shape index (κ2) is 8.48. The summed E-state index contributed by atoms with van der Waals surface area (Å²) in [7, 11) is 0. The van der Waals surface area contributed by atoms with Crippen molar-refractivity contribution in [3.05, 3.63) is 0 Å². The molecule has 1 atom stereocenters. The maximum atomic E-state index is 5.43. The van der Waals surface area contributed by atoms with E-state index in [1.165, 1.54) is 6.42 Å². The molecule has 0 aliphatic carbocycles. The number of hydrazine groups is 1. The van der Waals surface area contributed by atoms with Crippen molar-refractivity contribution >= 4 is 0 Å². The number of hydrogen-bond donors (Lipinski definition) is 2. The predicted molar refractivity (Wildman–Crippen MR) is 56.3 cm³/mol. The van der Waals surface area contributed by atoms with E-state index in [2.05, 4.69) is 26.2 Å². The van der Waals surface area contributed by atoms with Gasteiger partial charge in [-0.15, -0.1) is 0 Å². The number of rotatable bonds is 8. The fourth-order valence-corrected chi connectivity index (χ4v) is 1.12. The first kappa shape index (κ1) is 12.9. The van der Waals surface area contributed by atoms with Crippen molar-refractivity contribution in [1.29, 1.82) is 0 Å². The Bertz CT molecular complexity index is 107. The Morgan fingerprint density at radius 3 is 2.46 bits per heavy atom. The molecule has 0 saturated heterocycles. The van der Waals surface area contributed by atoms with Crippen LogP contribution in [-0.2, 0) is 4.74 Å². The topological polar surface area (TPSA) is 47.3 Å². The fraction of sp³-hybridized carbons (Fsp3) is 1.00. The molecule has 80 valence electrons. The van der Waals surface area contributed by atoms with Crippen LogP contribution in [-0.4, -0.2) is 19.3 Å². The summed E-state index contributed by atoms with van der Waals surface area (Å²) in [6, 6.07) is 0.314. The Morgan fingerprint density at radius 2 is 2.00 bits per heavy atom. The van der Waals surface area contributed by atoms with Crippen LogP contribution in [0.25, 0.3) is 0 Å². The van der Waals surface area contributed by atoms with Crippen molar-refractivity contribution in [3.8, 4) is 0 Å². The summed E-state index contributed by atoms with van der Waals surface area (Å²) in [6.45, 7) is 8.12. The third kappa shape index (κ3) is 8.22. The molecule has 0 saturated carbocycles. The molecule has 0 aliphatic rings. The minimum Gasteiger partial charge on any atom is -0.380 e. The summed E-state index contributed by atoms with van der Waals surface area (Å²) in [6.07, 6.45) is 3.36. The molecule has 0 amide bonds. The van der Waals surface area contributed by atoms with E-state index in [9.17, 15) is 0 Å². The molecule has 13 heavy (non-hydrogen) atoms. The van der Waals surface area contributed by atoms with Crippen LogP contribution in [0.5, 0.6) is 0 Å². The first-order valence-electron chi connectivity index (χ1n) is 5.24. The highest BCUT2D eigenvalue weighted by Crippen LogP contribution is 2.06. The minimum atomic E-state index is 0.314. The molecule has 0 fully saturated rings. The Labute approximate surface area is 82.0 Å². The SMILES string of the molecule is CCCOCC(CCC(C)C)NN. The highest BCUT2D eigenvalue weighted by molar-refractivity contribution is 4.63. The molecule has 0 spiro atoms. The molecular formula is C10H24N2O. The van der Waals surface area contributed by atoms with Gasteiger partial charge in [-0.25, -0.2) is 0 Å². The third-order valence-electron chi connectivity index (χ3n) is 2.00. The van der Waals surface area contributed by atoms with Crippen LogP contribution in [0, 0.1) is 5.92 Å². The van der Waals surface area contributed by atoms with Crippen molar-refractivity contribution in [3.63, 3.8) is 0 Å². The maximum absolute atomic E-state index is 5.43. The monoisotopic (exact) mass is 188 g/mol. The normalized spacial score (nSPS) is 13.6. The first-order chi connectivity index (χ1) is 6.20. The number of nitrogens with two attached hydrogens (primary N) is 1. The van der Waals surface area contributed by atoms with Crippen molar-refractivity contribution < 1.29 is 4.74 Å². The van der Waals surface area contributed by atoms with E-state index < -0.39 is 0 Å². The summed E-state index contributed by atoms with van der Waals surface area (Å²) < 4.78 is 5.43. The van der Waals surface area contributed by atoms with Crippen LogP contribution < -0.4 is 11.3 Å². The summed E-state index contributed by atoms with van der Waals surface area (Å²) >= 11 is 0. The smallest absolute Gasteiger partial charge is 0.0633 e. The molecule has 0 rings (SSSR count). The summed E-state index contributed by atoms with van der Waals surface area (Å²) in [4.78, 5) is 0. The summed E-state index contributed by atoms with van der Waals surface area (Å²) in [5, 5.41) is 0. The average molecular weight is 188 g/mol. The summed E-state index contributed by atoms with van der Waals surface area (Å²) in [5.74, 6) is 6.15. The molecule has 0 aromatic rings. The zero-order valence-electron chi connectivity index (χ0n) is 9.18. The number of nitrogens with one attached hydrogen (secondary N) is 1. The molecular weight excluding hydrogens is 164 g/mol. The van der Waals surface area contributed by atoms with E-state index in [0.717, 1.165) is 32.0 Å². The molecule has 0 heterocycles. The van der Waals surface area contributed by atoms with Gasteiger partial charge in [-0.05, 0) is 25.2 Å². The van der Waals surface area contributed by atoms with Crippen molar-refractivity contribution in [1.82, 2.24) is 5.43 Å². The van der Waals surface area contributed by atoms with Gasteiger partial charge >= 0.3 is 0 Å². The Morgan fingerprint density at radius 1 is 1.31 bits per heavy atom. The second-order valence-corrected chi connectivity index (χ2v) is 3.91. The highest BCUT2D eigenvalue weighted by Gasteiger charge is 2.06. The molecule has 3 N–H and O–H groups in total. The van der Waals surface area contributed by atoms with E-state index in [4.69, 9.17) is 10.6 Å². The highest BCUT2D eigenvalue weighted by atomic mass is 16.5. The van der Waals surface area contributed by atoms with E-state index in [-0.39, 0.29) is 0 Å². The van der Waals surface area contributed by atoms with Crippen molar-refractivity contribution in [2.24, 2.45) is 11.8 Å². The Kier molecular flexibility index (Phi) is 8.40. The van der Waals surface area contributed by atoms with E-state index in [1.807, 2.05) is 0 Å². The predicted octanol–water partition coefficient (Wildman–Crippen LogP) is 1.68. The molecule has 0 bridgehead atoms. The van der Waals surface area contributed by atoms with Crippen molar-refractivity contribution in [2.45, 2.75) is 46.1 Å². The molecule has 0 aliphatic heterocycles. The number of hydrogen-bond acceptors (Lipinski definition) is 3. The van der Waals surface area contributed by atoms with Gasteiger partial charge < -0.3 is 4.74 Å². The lowest BCUT2D eigenvalue weighted by Crippen LogP contribution is -2.38. The van der Waals surface area contributed by atoms with Crippen LogP contribution in [0.2, 0.25) is 0 Å². The van der Waals surface area contributed by atoms with Crippen LogP contribution in [0.1, 0.15) is 40.0 Å². The molecule has 0 radical (unpaired) electrons. The second-order valence-electron chi connectivity index (χ2n) is 3.91. The molecule has 3 nitrogen and oxygen atoms in total. The lowest BCUT2D eigenvalue weighted by molar-refractivity contribution is 0.107. The van der Waals surface area contributed by atoms with Gasteiger partial charge in [-0.3, -0.25) is 11.3 Å². The molecule has 1 unspecified atom stereocenters. The zero-order valence-corrected chi connectivity index (χ0v) is 9.18.